The zero-order valence-corrected chi connectivity index (χ0v) is 17.7. The van der Waals surface area contributed by atoms with Crippen molar-refractivity contribution in [1.29, 1.82) is 0 Å². The van der Waals surface area contributed by atoms with Gasteiger partial charge in [-0.1, -0.05) is 43.2 Å². The lowest BCUT2D eigenvalue weighted by molar-refractivity contribution is 0.0527. The molecule has 1 aromatic rings. The number of nitrogens with one attached hydrogen (secondary N) is 3. The lowest BCUT2D eigenvalue weighted by atomic mass is 10.2. The highest BCUT2D eigenvalue weighted by molar-refractivity contribution is 7.80. The molecule has 0 atom stereocenters. The molecule has 3 N–H and O–H groups in total. The van der Waals surface area contributed by atoms with Crippen LogP contribution in [0.4, 0.5) is 9.59 Å². The minimum Gasteiger partial charge on any atom is -0.444 e. The van der Waals surface area contributed by atoms with Crippen LogP contribution in [0.2, 0.25) is 0 Å². The van der Waals surface area contributed by atoms with Gasteiger partial charge in [0.2, 0.25) is 0 Å². The molecule has 0 saturated heterocycles. The number of ether oxygens (including phenoxy) is 2. The zero-order valence-electron chi connectivity index (χ0n) is 16.9. The van der Waals surface area contributed by atoms with E-state index in [9.17, 15) is 9.59 Å². The highest BCUT2D eigenvalue weighted by atomic mass is 32.1. The minimum absolute atomic E-state index is 0.201. The average Bonchev–Trinajstić information content (AvgIpc) is 2.61. The van der Waals surface area contributed by atoms with Crippen LogP contribution in [0, 0.1) is 0 Å². The van der Waals surface area contributed by atoms with E-state index >= 15 is 0 Å². The zero-order chi connectivity index (χ0) is 20.8. The first-order chi connectivity index (χ1) is 13.3. The van der Waals surface area contributed by atoms with Crippen molar-refractivity contribution in [3.05, 3.63) is 35.9 Å². The maximum Gasteiger partial charge on any atom is 0.413 e. The van der Waals surface area contributed by atoms with Crippen LogP contribution in [-0.2, 0) is 16.1 Å². The van der Waals surface area contributed by atoms with Gasteiger partial charge < -0.3 is 20.1 Å². The van der Waals surface area contributed by atoms with Crippen LogP contribution in [-0.4, -0.2) is 36.0 Å². The fourth-order valence-electron chi connectivity index (χ4n) is 2.21. The second-order valence-electron chi connectivity index (χ2n) is 7.29. The van der Waals surface area contributed by atoms with Crippen LogP contribution in [0.25, 0.3) is 0 Å². The highest BCUT2D eigenvalue weighted by Gasteiger charge is 2.15. The number of unbranched alkanes of at least 4 members (excludes halogenated alkanes) is 3. The van der Waals surface area contributed by atoms with Gasteiger partial charge in [0.05, 0.1) is 0 Å². The van der Waals surface area contributed by atoms with E-state index in [1.807, 2.05) is 51.1 Å². The second kappa shape index (κ2) is 12.9. The van der Waals surface area contributed by atoms with Gasteiger partial charge in [-0.3, -0.25) is 5.32 Å². The summed E-state index contributed by atoms with van der Waals surface area (Å²) in [5.74, 6) is 0. The van der Waals surface area contributed by atoms with Crippen molar-refractivity contribution in [2.24, 2.45) is 0 Å². The van der Waals surface area contributed by atoms with Crippen LogP contribution >= 0.6 is 12.2 Å². The van der Waals surface area contributed by atoms with Gasteiger partial charge >= 0.3 is 12.2 Å². The number of hydrogen-bond acceptors (Lipinski definition) is 5. The van der Waals surface area contributed by atoms with E-state index in [4.69, 9.17) is 21.7 Å². The van der Waals surface area contributed by atoms with Crippen LogP contribution in [0.15, 0.2) is 30.3 Å². The number of benzene rings is 1. The topological polar surface area (TPSA) is 88.7 Å². The number of carbonyl (C=O) groups is 2. The maximum absolute atomic E-state index is 11.7. The van der Waals surface area contributed by atoms with E-state index in [1.54, 1.807) is 0 Å². The number of alkyl carbamates (subject to hydrolysis) is 2. The standard InChI is InChI=1S/C20H31N3O4S/c1-20(2,3)27-18(24)22-14-10-5-4-9-13-21-17(28)23-19(25)26-15-16-11-7-6-8-12-16/h6-8,11-12H,4-5,9-10,13-15H2,1-3H3,(H,22,24)(H2,21,23,25,28). The third-order valence-electron chi connectivity index (χ3n) is 3.49. The first-order valence-corrected chi connectivity index (χ1v) is 9.89. The molecule has 1 rings (SSSR count). The van der Waals surface area contributed by atoms with Crippen molar-refractivity contribution in [2.45, 2.75) is 58.7 Å². The summed E-state index contributed by atoms with van der Waals surface area (Å²) in [7, 11) is 0. The molecule has 8 heteroatoms. The Balaban J connectivity index is 1.97. The molecule has 156 valence electrons. The summed E-state index contributed by atoms with van der Waals surface area (Å²) in [6.07, 6.45) is 2.81. The molecule has 1 aromatic carbocycles. The van der Waals surface area contributed by atoms with E-state index in [1.165, 1.54) is 0 Å². The summed E-state index contributed by atoms with van der Waals surface area (Å²) in [5.41, 5.74) is 0.439. The normalized spacial score (nSPS) is 10.7. The van der Waals surface area contributed by atoms with Crippen LogP contribution in [0.3, 0.4) is 0 Å². The Bertz CT molecular complexity index is 618. The first-order valence-electron chi connectivity index (χ1n) is 9.48. The number of carbonyl (C=O) groups excluding carboxylic acids is 2. The number of hydrogen-bond donors (Lipinski definition) is 3. The molecule has 0 aromatic heterocycles. The quantitative estimate of drug-likeness (QED) is 0.424. The van der Waals surface area contributed by atoms with Crippen molar-refractivity contribution in [3.63, 3.8) is 0 Å². The van der Waals surface area contributed by atoms with E-state index in [-0.39, 0.29) is 17.8 Å². The van der Waals surface area contributed by atoms with Gasteiger partial charge in [-0.2, -0.15) is 0 Å². The molecule has 0 fully saturated rings. The lowest BCUT2D eigenvalue weighted by Gasteiger charge is -2.19. The Morgan fingerprint density at radius 2 is 1.54 bits per heavy atom. The molecule has 0 aliphatic heterocycles. The summed E-state index contributed by atoms with van der Waals surface area (Å²) in [6.45, 7) is 6.96. The van der Waals surface area contributed by atoms with E-state index < -0.39 is 11.7 Å². The van der Waals surface area contributed by atoms with Crippen molar-refractivity contribution in [3.8, 4) is 0 Å². The Hall–Kier alpha value is -2.35. The predicted molar refractivity (Wildman–Crippen MR) is 113 cm³/mol. The summed E-state index contributed by atoms with van der Waals surface area (Å²) < 4.78 is 10.3. The van der Waals surface area contributed by atoms with Crippen LogP contribution in [0.1, 0.15) is 52.0 Å². The summed E-state index contributed by atoms with van der Waals surface area (Å²) in [4.78, 5) is 23.2. The smallest absolute Gasteiger partial charge is 0.413 e. The molecule has 0 spiro atoms. The van der Waals surface area contributed by atoms with Gasteiger partial charge in [0.1, 0.15) is 12.2 Å². The molecule has 0 radical (unpaired) electrons. The Kier molecular flexibility index (Phi) is 10.9. The Morgan fingerprint density at radius 1 is 0.929 bits per heavy atom. The van der Waals surface area contributed by atoms with Crippen LogP contribution < -0.4 is 16.0 Å². The fourth-order valence-corrected chi connectivity index (χ4v) is 2.39. The summed E-state index contributed by atoms with van der Waals surface area (Å²) in [6, 6.07) is 9.44. The average molecular weight is 410 g/mol. The van der Waals surface area contributed by atoms with Crippen molar-refractivity contribution in [1.82, 2.24) is 16.0 Å². The molecular formula is C20H31N3O4S. The highest BCUT2D eigenvalue weighted by Crippen LogP contribution is 2.06. The van der Waals surface area contributed by atoms with Gasteiger partial charge in [0.15, 0.2) is 5.11 Å². The van der Waals surface area contributed by atoms with E-state index in [2.05, 4.69) is 16.0 Å². The summed E-state index contributed by atoms with van der Waals surface area (Å²) in [5, 5.41) is 8.46. The molecule has 0 aliphatic carbocycles. The monoisotopic (exact) mass is 409 g/mol. The van der Waals surface area contributed by atoms with Gasteiger partial charge in [-0.15, -0.1) is 0 Å². The Labute approximate surface area is 172 Å². The van der Waals surface area contributed by atoms with Crippen molar-refractivity contribution < 1.29 is 19.1 Å². The van der Waals surface area contributed by atoms with Crippen molar-refractivity contribution >= 4 is 29.5 Å². The number of amides is 2. The second-order valence-corrected chi connectivity index (χ2v) is 7.69. The van der Waals surface area contributed by atoms with Gasteiger partial charge in [0, 0.05) is 13.1 Å². The molecule has 0 unspecified atom stereocenters. The molecule has 0 aliphatic rings. The van der Waals surface area contributed by atoms with E-state index in [0.29, 0.717) is 13.1 Å². The molecule has 0 saturated carbocycles. The van der Waals surface area contributed by atoms with Crippen LogP contribution in [0.5, 0.6) is 0 Å². The maximum atomic E-state index is 11.7. The summed E-state index contributed by atoms with van der Waals surface area (Å²) >= 11 is 5.07. The first kappa shape index (κ1) is 23.7. The number of thiocarbonyl (C=S) groups is 1. The van der Waals surface area contributed by atoms with Gasteiger partial charge in [0.25, 0.3) is 0 Å². The molecule has 2 amide bonds. The number of rotatable bonds is 9. The van der Waals surface area contributed by atoms with E-state index in [0.717, 1.165) is 31.2 Å². The molecule has 0 bridgehead atoms. The molecule has 7 nitrogen and oxygen atoms in total. The van der Waals surface area contributed by atoms with Crippen molar-refractivity contribution in [2.75, 3.05) is 13.1 Å². The molecular weight excluding hydrogens is 378 g/mol. The minimum atomic E-state index is -0.574. The van der Waals surface area contributed by atoms with Gasteiger partial charge in [-0.05, 0) is 51.4 Å². The fraction of sp³-hybridized carbons (Fsp3) is 0.550. The lowest BCUT2D eigenvalue weighted by Crippen LogP contribution is -2.39. The third kappa shape index (κ3) is 12.9. The van der Waals surface area contributed by atoms with Gasteiger partial charge in [-0.25, -0.2) is 9.59 Å². The Morgan fingerprint density at radius 3 is 2.14 bits per heavy atom. The molecule has 0 heterocycles. The third-order valence-corrected chi connectivity index (χ3v) is 3.73. The predicted octanol–water partition coefficient (Wildman–Crippen LogP) is 3.87. The largest absolute Gasteiger partial charge is 0.444 e. The molecule has 28 heavy (non-hydrogen) atoms. The SMILES string of the molecule is CC(C)(C)OC(=O)NCCCCCCNC(=S)NC(=O)OCc1ccccc1.